The predicted molar refractivity (Wildman–Crippen MR) is 105 cm³/mol. The Labute approximate surface area is 161 Å². The highest BCUT2D eigenvalue weighted by atomic mass is 32.2. The Hall–Kier alpha value is -2.35. The van der Waals surface area contributed by atoms with Crippen LogP contribution < -0.4 is 5.32 Å². The van der Waals surface area contributed by atoms with E-state index in [1.165, 1.54) is 31.4 Å². The number of nitro groups is 1. The van der Waals surface area contributed by atoms with Gasteiger partial charge in [0.25, 0.3) is 5.69 Å². The molecule has 1 aromatic heterocycles. The minimum atomic E-state index is -0.396. The molecule has 1 unspecified atom stereocenters. The molecule has 0 spiro atoms. The van der Waals surface area contributed by atoms with Crippen molar-refractivity contribution >= 4 is 29.2 Å². The molecular weight excluding hydrogens is 364 g/mol. The van der Waals surface area contributed by atoms with Crippen LogP contribution in [-0.2, 0) is 4.79 Å². The van der Waals surface area contributed by atoms with E-state index in [0.29, 0.717) is 11.8 Å². The van der Waals surface area contributed by atoms with Gasteiger partial charge in [0.1, 0.15) is 5.82 Å². The Bertz CT molecular complexity index is 872. The van der Waals surface area contributed by atoms with Crippen LogP contribution in [0.25, 0.3) is 0 Å². The van der Waals surface area contributed by atoms with E-state index in [1.54, 1.807) is 23.9 Å². The van der Waals surface area contributed by atoms with Gasteiger partial charge in [-0.1, -0.05) is 31.4 Å². The molecule has 2 aromatic rings. The summed E-state index contributed by atoms with van der Waals surface area (Å²) in [5.74, 6) is 1.13. The van der Waals surface area contributed by atoms with E-state index in [2.05, 4.69) is 5.32 Å². The van der Waals surface area contributed by atoms with Gasteiger partial charge in [0, 0.05) is 17.7 Å². The molecule has 2 aliphatic rings. The number of amides is 1. The number of carbonyl (C=O) groups excluding carboxylic acids is 1. The molecule has 142 valence electrons. The normalized spacial score (nSPS) is 20.6. The smallest absolute Gasteiger partial charge is 0.269 e. The van der Waals surface area contributed by atoms with Crippen molar-refractivity contribution in [3.63, 3.8) is 0 Å². The molecule has 1 atom stereocenters. The minimum absolute atomic E-state index is 0.0254. The third-order valence-corrected chi connectivity index (χ3v) is 6.63. The van der Waals surface area contributed by atoms with Crippen molar-refractivity contribution in [2.45, 2.75) is 50.3 Å². The number of rotatable bonds is 3. The monoisotopic (exact) mass is 386 g/mol. The van der Waals surface area contributed by atoms with Gasteiger partial charge in [-0.15, -0.1) is 11.8 Å². The van der Waals surface area contributed by atoms with Crippen LogP contribution in [0.4, 0.5) is 11.5 Å². The Morgan fingerprint density at radius 3 is 2.59 bits per heavy atom. The third kappa shape index (κ3) is 3.45. The van der Waals surface area contributed by atoms with Gasteiger partial charge in [-0.2, -0.15) is 5.10 Å². The highest BCUT2D eigenvalue weighted by molar-refractivity contribution is 8.00. The van der Waals surface area contributed by atoms with Crippen LogP contribution in [0.5, 0.6) is 0 Å². The molecule has 27 heavy (non-hydrogen) atoms. The average molecular weight is 386 g/mol. The molecule has 0 radical (unpaired) electrons. The number of anilines is 1. The molecule has 2 heterocycles. The summed E-state index contributed by atoms with van der Waals surface area (Å²) in [7, 11) is 0. The average Bonchev–Trinajstić information content (AvgIpc) is 2.88. The number of aromatic nitrogens is 2. The maximum absolute atomic E-state index is 12.3. The van der Waals surface area contributed by atoms with Crippen molar-refractivity contribution in [3.8, 4) is 0 Å². The molecule has 8 heteroatoms. The lowest BCUT2D eigenvalue weighted by Gasteiger charge is -2.24. The van der Waals surface area contributed by atoms with Gasteiger partial charge in [0.05, 0.1) is 27.7 Å². The number of nitro benzene ring substituents is 1. The van der Waals surface area contributed by atoms with Crippen LogP contribution in [0.2, 0.25) is 0 Å². The van der Waals surface area contributed by atoms with Gasteiger partial charge in [0.15, 0.2) is 0 Å². The zero-order chi connectivity index (χ0) is 19.0. The van der Waals surface area contributed by atoms with Crippen molar-refractivity contribution in [2.75, 3.05) is 11.1 Å². The number of hydrogen-bond acceptors (Lipinski definition) is 5. The first-order valence-corrected chi connectivity index (χ1v) is 10.3. The van der Waals surface area contributed by atoms with Crippen LogP contribution in [0.15, 0.2) is 24.3 Å². The SMILES string of the molecule is Cc1nn(C2CCCCC2)c2c1C(c1ccc([N+](=O)[O-])cc1)SCC(=O)N2. The second-order valence-corrected chi connectivity index (χ2v) is 8.27. The molecule has 7 nitrogen and oxygen atoms in total. The molecule has 0 bridgehead atoms. The van der Waals surface area contributed by atoms with Crippen molar-refractivity contribution in [1.29, 1.82) is 0 Å². The lowest BCUT2D eigenvalue weighted by Crippen LogP contribution is -2.20. The summed E-state index contributed by atoms with van der Waals surface area (Å²) in [6.45, 7) is 1.98. The largest absolute Gasteiger partial charge is 0.310 e. The van der Waals surface area contributed by atoms with Crippen LogP contribution in [0, 0.1) is 17.0 Å². The Kier molecular flexibility index (Phi) is 4.90. The highest BCUT2D eigenvalue weighted by Gasteiger charge is 2.32. The van der Waals surface area contributed by atoms with Gasteiger partial charge >= 0.3 is 0 Å². The van der Waals surface area contributed by atoms with Crippen LogP contribution in [-0.4, -0.2) is 26.4 Å². The fraction of sp³-hybridized carbons (Fsp3) is 0.474. The van der Waals surface area contributed by atoms with Crippen molar-refractivity contribution in [2.24, 2.45) is 0 Å². The molecular formula is C19H22N4O3S. The predicted octanol–water partition coefficient (Wildman–Crippen LogP) is 4.38. The topological polar surface area (TPSA) is 90.1 Å². The quantitative estimate of drug-likeness (QED) is 0.624. The number of benzene rings is 1. The second kappa shape index (κ2) is 7.34. The highest BCUT2D eigenvalue weighted by Crippen LogP contribution is 2.45. The summed E-state index contributed by atoms with van der Waals surface area (Å²) in [5, 5.41) is 18.7. The zero-order valence-electron chi connectivity index (χ0n) is 15.2. The van der Waals surface area contributed by atoms with E-state index >= 15 is 0 Å². The Morgan fingerprint density at radius 1 is 1.22 bits per heavy atom. The lowest BCUT2D eigenvalue weighted by molar-refractivity contribution is -0.384. The molecule has 1 aromatic carbocycles. The number of fused-ring (bicyclic) bond motifs is 1. The van der Waals surface area contributed by atoms with Crippen LogP contribution >= 0.6 is 11.8 Å². The standard InChI is InChI=1S/C19H22N4O3S/c1-12-17-18(13-7-9-15(10-8-13)23(25)26)27-11-16(24)20-19(17)22(21-12)14-5-3-2-4-6-14/h7-10,14,18H,2-6,11H2,1H3,(H,20,24). The summed E-state index contributed by atoms with van der Waals surface area (Å²) >= 11 is 1.54. The number of aryl methyl sites for hydroxylation is 1. The van der Waals surface area contributed by atoms with Crippen molar-refractivity contribution in [1.82, 2.24) is 9.78 Å². The van der Waals surface area contributed by atoms with Gasteiger partial charge in [-0.05, 0) is 25.3 Å². The fourth-order valence-corrected chi connectivity index (χ4v) is 5.22. The van der Waals surface area contributed by atoms with Gasteiger partial charge < -0.3 is 5.32 Å². The summed E-state index contributed by atoms with van der Waals surface area (Å²) in [6.07, 6.45) is 5.80. The maximum atomic E-state index is 12.3. The first-order valence-electron chi connectivity index (χ1n) is 9.29. The first-order chi connectivity index (χ1) is 13.0. The van der Waals surface area contributed by atoms with Gasteiger partial charge in [0.2, 0.25) is 5.91 Å². The minimum Gasteiger partial charge on any atom is -0.310 e. The van der Waals surface area contributed by atoms with Crippen molar-refractivity contribution < 1.29 is 9.72 Å². The maximum Gasteiger partial charge on any atom is 0.269 e. The molecule has 1 aliphatic carbocycles. The lowest BCUT2D eigenvalue weighted by atomic mass is 9.95. The van der Waals surface area contributed by atoms with E-state index in [-0.39, 0.29) is 16.8 Å². The summed E-state index contributed by atoms with van der Waals surface area (Å²) in [5.41, 5.74) is 2.95. The fourth-order valence-electron chi connectivity index (χ4n) is 4.03. The Balaban J connectivity index is 1.76. The molecule has 1 fully saturated rings. The van der Waals surface area contributed by atoms with E-state index in [4.69, 9.17) is 5.10 Å². The van der Waals surface area contributed by atoms with Gasteiger partial charge in [-0.3, -0.25) is 14.9 Å². The summed E-state index contributed by atoms with van der Waals surface area (Å²) < 4.78 is 2.02. The van der Waals surface area contributed by atoms with E-state index in [9.17, 15) is 14.9 Å². The Morgan fingerprint density at radius 2 is 1.93 bits per heavy atom. The number of non-ortho nitro benzene ring substituents is 1. The first kappa shape index (κ1) is 18.0. The number of nitrogens with zero attached hydrogens (tertiary/aromatic N) is 3. The molecule has 1 aliphatic heterocycles. The van der Waals surface area contributed by atoms with E-state index < -0.39 is 4.92 Å². The summed E-state index contributed by atoms with van der Waals surface area (Å²) in [4.78, 5) is 22.9. The second-order valence-electron chi connectivity index (χ2n) is 7.17. The molecule has 1 amide bonds. The number of thioether (sulfide) groups is 1. The van der Waals surface area contributed by atoms with Crippen LogP contribution in [0.3, 0.4) is 0 Å². The molecule has 4 rings (SSSR count). The molecule has 0 saturated heterocycles. The van der Waals surface area contributed by atoms with E-state index in [0.717, 1.165) is 35.5 Å². The molecule has 1 N–H and O–H groups in total. The molecule has 1 saturated carbocycles. The van der Waals surface area contributed by atoms with E-state index in [1.807, 2.05) is 11.6 Å². The van der Waals surface area contributed by atoms with Gasteiger partial charge in [-0.25, -0.2) is 4.68 Å². The van der Waals surface area contributed by atoms with Crippen molar-refractivity contribution in [3.05, 3.63) is 51.2 Å². The number of hydrogen-bond donors (Lipinski definition) is 1. The number of nitrogens with one attached hydrogen (secondary N) is 1. The third-order valence-electron chi connectivity index (χ3n) is 5.36. The van der Waals surface area contributed by atoms with Crippen LogP contribution in [0.1, 0.15) is 60.2 Å². The summed E-state index contributed by atoms with van der Waals surface area (Å²) in [6, 6.07) is 6.94. The zero-order valence-corrected chi connectivity index (χ0v) is 16.0. The number of carbonyl (C=O) groups is 1.